The Morgan fingerprint density at radius 1 is 1.29 bits per heavy atom. The molecule has 2 unspecified atom stereocenters. The van der Waals surface area contributed by atoms with Gasteiger partial charge in [0.15, 0.2) is 0 Å². The van der Waals surface area contributed by atoms with Crippen LogP contribution in [0.1, 0.15) is 38.7 Å². The summed E-state index contributed by atoms with van der Waals surface area (Å²) >= 11 is 0. The summed E-state index contributed by atoms with van der Waals surface area (Å²) in [6, 6.07) is 8.22. The number of hydrogen-bond donors (Lipinski definition) is 1. The average Bonchev–Trinajstić information content (AvgIpc) is 3.36. The zero-order chi connectivity index (χ0) is 24.6. The highest BCUT2D eigenvalue weighted by atomic mass is 16.5. The molecule has 5 rings (SSSR count). The number of rotatable bonds is 6. The van der Waals surface area contributed by atoms with Gasteiger partial charge in [-0.25, -0.2) is 9.50 Å². The molecule has 1 amide bonds. The lowest BCUT2D eigenvalue weighted by Gasteiger charge is -2.48. The van der Waals surface area contributed by atoms with Crippen molar-refractivity contribution in [3.63, 3.8) is 0 Å². The van der Waals surface area contributed by atoms with E-state index in [0.717, 1.165) is 54.8 Å². The molecule has 1 saturated carbocycles. The molecule has 1 N–H and O–H groups in total. The smallest absolute Gasteiger partial charge is 0.296 e. The fourth-order valence-corrected chi connectivity index (χ4v) is 6.05. The van der Waals surface area contributed by atoms with Crippen molar-refractivity contribution in [3.8, 4) is 35.3 Å². The van der Waals surface area contributed by atoms with Crippen molar-refractivity contribution >= 4 is 17.2 Å². The molecular formula is C27H28N6O2. The number of pyridine rings is 2. The van der Waals surface area contributed by atoms with Crippen molar-refractivity contribution in [1.29, 1.82) is 5.26 Å². The van der Waals surface area contributed by atoms with Crippen LogP contribution in [-0.4, -0.2) is 45.7 Å². The van der Waals surface area contributed by atoms with Crippen molar-refractivity contribution in [2.24, 2.45) is 11.8 Å². The number of carbonyl (C=O) groups is 1. The lowest BCUT2D eigenvalue weighted by molar-refractivity contribution is -0.118. The quantitative estimate of drug-likeness (QED) is 0.557. The Labute approximate surface area is 204 Å². The van der Waals surface area contributed by atoms with Gasteiger partial charge < -0.3 is 15.0 Å². The molecule has 1 saturated heterocycles. The number of nitrogens with zero attached hydrogens (tertiary/aromatic N) is 5. The monoisotopic (exact) mass is 468 g/mol. The Hall–Kier alpha value is -4.04. The van der Waals surface area contributed by atoms with E-state index in [-0.39, 0.29) is 11.4 Å². The highest BCUT2D eigenvalue weighted by Crippen LogP contribution is 2.47. The minimum atomic E-state index is -0.322. The zero-order valence-electron chi connectivity index (χ0n) is 20.0. The maximum absolute atomic E-state index is 12.1. The first-order valence-electron chi connectivity index (χ1n) is 12.1. The first-order valence-corrected chi connectivity index (χ1v) is 12.1. The Balaban J connectivity index is 1.44. The fourth-order valence-electron chi connectivity index (χ4n) is 6.05. The first-order chi connectivity index (χ1) is 17.0. The number of terminal acetylenes is 1. The molecule has 2 fully saturated rings. The lowest BCUT2D eigenvalue weighted by Crippen LogP contribution is -2.62. The van der Waals surface area contributed by atoms with Gasteiger partial charge in [-0.2, -0.15) is 10.4 Å². The zero-order valence-corrected chi connectivity index (χ0v) is 20.0. The van der Waals surface area contributed by atoms with Crippen molar-refractivity contribution in [1.82, 2.24) is 19.9 Å². The third-order valence-electron chi connectivity index (χ3n) is 7.67. The molecule has 35 heavy (non-hydrogen) atoms. The largest absolute Gasteiger partial charge is 0.492 e. The van der Waals surface area contributed by atoms with Gasteiger partial charge in [0.1, 0.15) is 17.6 Å². The highest BCUT2D eigenvalue weighted by Gasteiger charge is 2.53. The van der Waals surface area contributed by atoms with Crippen LogP contribution in [0.15, 0.2) is 36.8 Å². The van der Waals surface area contributed by atoms with E-state index in [1.54, 1.807) is 16.9 Å². The molecule has 0 radical (unpaired) electrons. The van der Waals surface area contributed by atoms with Gasteiger partial charge in [0.2, 0.25) is 0 Å². The number of ether oxygens (including phenoxy) is 1. The van der Waals surface area contributed by atoms with Crippen LogP contribution in [0.5, 0.6) is 5.75 Å². The van der Waals surface area contributed by atoms with E-state index in [1.165, 1.54) is 0 Å². The van der Waals surface area contributed by atoms with E-state index in [1.807, 2.05) is 31.3 Å². The van der Waals surface area contributed by atoms with Crippen molar-refractivity contribution in [2.75, 3.05) is 24.6 Å². The molecule has 8 nitrogen and oxygen atoms in total. The van der Waals surface area contributed by atoms with Crippen LogP contribution >= 0.6 is 0 Å². The standard InChI is InChI=1S/C27H28N6O2/c1-4-25(34)31-27(5-2)20-8-9-21(27)16-32(15-20)24-10-7-18(13-29-24)23-11-22(35-6-3)17-33-26(23)19(12-28)14-30-33/h1,7,10-11,13-14,17,20-21H,5-6,8-9,15-16H2,2-3H3,(H,31,34). The second kappa shape index (κ2) is 8.96. The van der Waals surface area contributed by atoms with Gasteiger partial charge in [-0.15, -0.1) is 6.42 Å². The number of nitriles is 1. The van der Waals surface area contributed by atoms with E-state index in [4.69, 9.17) is 16.1 Å². The number of aromatic nitrogens is 3. The van der Waals surface area contributed by atoms with Gasteiger partial charge in [-0.1, -0.05) is 6.92 Å². The van der Waals surface area contributed by atoms with Gasteiger partial charge in [-0.3, -0.25) is 4.79 Å². The number of anilines is 1. The number of piperidine rings is 1. The summed E-state index contributed by atoms with van der Waals surface area (Å²) in [7, 11) is 0. The van der Waals surface area contributed by atoms with Crippen molar-refractivity contribution in [2.45, 2.75) is 38.6 Å². The Morgan fingerprint density at radius 3 is 2.66 bits per heavy atom. The number of carbonyl (C=O) groups excluding carboxylic acids is 1. The summed E-state index contributed by atoms with van der Waals surface area (Å²) < 4.78 is 7.40. The third-order valence-corrected chi connectivity index (χ3v) is 7.67. The summed E-state index contributed by atoms with van der Waals surface area (Å²) in [5.74, 6) is 4.16. The molecule has 0 spiro atoms. The van der Waals surface area contributed by atoms with Gasteiger partial charge >= 0.3 is 0 Å². The highest BCUT2D eigenvalue weighted by molar-refractivity contribution is 5.93. The molecule has 4 heterocycles. The topological polar surface area (TPSA) is 95.5 Å². The molecule has 2 bridgehead atoms. The minimum Gasteiger partial charge on any atom is -0.492 e. The number of nitrogens with one attached hydrogen (secondary N) is 1. The minimum absolute atomic E-state index is 0.235. The molecule has 3 aromatic heterocycles. The predicted octanol–water partition coefficient (Wildman–Crippen LogP) is 3.41. The van der Waals surface area contributed by atoms with Gasteiger partial charge in [0.05, 0.1) is 30.1 Å². The molecule has 1 aliphatic carbocycles. The molecule has 2 aliphatic rings. The van der Waals surface area contributed by atoms with Crippen LogP contribution in [0.2, 0.25) is 0 Å². The van der Waals surface area contributed by atoms with Crippen LogP contribution in [0.4, 0.5) is 5.82 Å². The van der Waals surface area contributed by atoms with Crippen LogP contribution in [0.3, 0.4) is 0 Å². The molecular weight excluding hydrogens is 440 g/mol. The SMILES string of the molecule is C#CC(=O)NC1(CC)C2CCC1CN(c1ccc(-c3cc(OCC)cn4ncc(C#N)c34)cn1)C2. The van der Waals surface area contributed by atoms with Crippen LogP contribution in [0.25, 0.3) is 16.6 Å². The summed E-state index contributed by atoms with van der Waals surface area (Å²) in [4.78, 5) is 19.2. The van der Waals surface area contributed by atoms with Crippen LogP contribution < -0.4 is 15.0 Å². The van der Waals surface area contributed by atoms with E-state index < -0.39 is 0 Å². The number of hydrogen-bond acceptors (Lipinski definition) is 6. The van der Waals surface area contributed by atoms with Crippen molar-refractivity contribution in [3.05, 3.63) is 42.4 Å². The van der Waals surface area contributed by atoms with Gasteiger partial charge in [0.25, 0.3) is 5.91 Å². The summed E-state index contributed by atoms with van der Waals surface area (Å²) in [6.45, 7) is 6.25. The molecule has 0 aromatic carbocycles. The Bertz CT molecular complexity index is 1330. The predicted molar refractivity (Wildman–Crippen MR) is 133 cm³/mol. The second-order valence-electron chi connectivity index (χ2n) is 9.26. The Kier molecular flexibility index (Phi) is 5.82. The van der Waals surface area contributed by atoms with E-state index in [2.05, 4.69) is 34.2 Å². The second-order valence-corrected chi connectivity index (χ2v) is 9.26. The average molecular weight is 469 g/mol. The maximum atomic E-state index is 12.1. The fraction of sp³-hybridized carbons (Fsp3) is 0.407. The summed E-state index contributed by atoms with van der Waals surface area (Å²) in [6.07, 6.45) is 13.6. The first kappa shape index (κ1) is 22.7. The van der Waals surface area contributed by atoms with E-state index >= 15 is 0 Å². The van der Waals surface area contributed by atoms with Gasteiger partial charge in [0, 0.05) is 36.0 Å². The lowest BCUT2D eigenvalue weighted by atomic mass is 9.75. The summed E-state index contributed by atoms with van der Waals surface area (Å²) in [5.41, 5.74) is 2.75. The third kappa shape index (κ3) is 3.76. The maximum Gasteiger partial charge on any atom is 0.296 e. The van der Waals surface area contributed by atoms with E-state index in [0.29, 0.717) is 29.8 Å². The normalized spacial score (nSPS) is 23.0. The number of fused-ring (bicyclic) bond motifs is 3. The van der Waals surface area contributed by atoms with Gasteiger partial charge in [-0.05, 0) is 62.1 Å². The number of amides is 1. The molecule has 8 heteroatoms. The van der Waals surface area contributed by atoms with Crippen molar-refractivity contribution < 1.29 is 9.53 Å². The van der Waals surface area contributed by atoms with E-state index in [9.17, 15) is 10.1 Å². The van der Waals surface area contributed by atoms with Crippen LogP contribution in [-0.2, 0) is 4.79 Å². The molecule has 3 aromatic rings. The van der Waals surface area contributed by atoms with Crippen LogP contribution in [0, 0.1) is 35.5 Å². The molecule has 178 valence electrons. The molecule has 2 atom stereocenters. The molecule has 1 aliphatic heterocycles. The Morgan fingerprint density at radius 2 is 2.06 bits per heavy atom. The summed E-state index contributed by atoms with van der Waals surface area (Å²) in [5, 5.41) is 17.1.